The monoisotopic (exact) mass is 621 g/mol. The number of amides is 2. The van der Waals surface area contributed by atoms with Crippen LogP contribution < -0.4 is 15.4 Å². The molecule has 1 aliphatic rings. The molecule has 3 rings (SSSR count). The predicted octanol–water partition coefficient (Wildman–Crippen LogP) is 4.64. The summed E-state index contributed by atoms with van der Waals surface area (Å²) in [5.74, 6) is -3.35. The predicted molar refractivity (Wildman–Crippen MR) is 140 cm³/mol. The van der Waals surface area contributed by atoms with E-state index in [1.54, 1.807) is 24.3 Å². The van der Waals surface area contributed by atoms with Gasteiger partial charge in [0.2, 0.25) is 11.8 Å². The first kappa shape index (κ1) is 26.8. The van der Waals surface area contributed by atoms with Crippen molar-refractivity contribution >= 4 is 67.1 Å². The number of nitrogens with one attached hydrogen (secondary N) is 2. The second-order valence-electron chi connectivity index (χ2n) is 7.52. The number of benzene rings is 2. The Morgan fingerprint density at radius 3 is 2.51 bits per heavy atom. The maximum absolute atomic E-state index is 13.0. The van der Waals surface area contributed by atoms with Crippen LogP contribution in [0, 0.1) is 24.2 Å². The van der Waals surface area contributed by atoms with E-state index in [4.69, 9.17) is 9.47 Å². The summed E-state index contributed by atoms with van der Waals surface area (Å²) >= 11 is 7.84. The number of carbonyl (C=O) groups excluding carboxylic acids is 3. The number of methoxy groups -OCH3 is 2. The van der Waals surface area contributed by atoms with E-state index >= 15 is 0 Å². The van der Waals surface area contributed by atoms with Gasteiger partial charge in [0.1, 0.15) is 11.7 Å². The third kappa shape index (κ3) is 6.07. The summed E-state index contributed by atoms with van der Waals surface area (Å²) in [6.07, 6.45) is 0. The summed E-state index contributed by atoms with van der Waals surface area (Å²) in [5, 5.41) is 15.6. The smallest absolute Gasteiger partial charge is 0.319 e. The van der Waals surface area contributed by atoms with Crippen molar-refractivity contribution in [1.29, 1.82) is 5.26 Å². The number of nitrogens with zero attached hydrogens (tertiary/aromatic N) is 1. The van der Waals surface area contributed by atoms with Crippen LogP contribution in [0.15, 0.2) is 55.9 Å². The number of hydrogen-bond donors (Lipinski definition) is 2. The van der Waals surface area contributed by atoms with Crippen molar-refractivity contribution in [3.05, 3.63) is 67.1 Å². The summed E-state index contributed by atoms with van der Waals surface area (Å²) in [6, 6.07) is 12.6. The summed E-state index contributed by atoms with van der Waals surface area (Å²) < 4.78 is 11.6. The minimum atomic E-state index is -1.26. The van der Waals surface area contributed by atoms with Crippen LogP contribution in [0.5, 0.6) is 5.75 Å². The number of thioether (sulfide) groups is 1. The van der Waals surface area contributed by atoms with Gasteiger partial charge in [0, 0.05) is 16.1 Å². The summed E-state index contributed by atoms with van der Waals surface area (Å²) in [6.45, 7) is 1.91. The van der Waals surface area contributed by atoms with Crippen LogP contribution in [0.1, 0.15) is 17.0 Å². The number of aryl methyl sites for hydroxylation is 1. The minimum Gasteiger partial charge on any atom is -0.496 e. The van der Waals surface area contributed by atoms with Gasteiger partial charge in [-0.05, 0) is 64.3 Å². The number of ether oxygens (including phenoxy) is 2. The van der Waals surface area contributed by atoms with Gasteiger partial charge in [-0.15, -0.1) is 0 Å². The van der Waals surface area contributed by atoms with Gasteiger partial charge in [-0.2, -0.15) is 5.26 Å². The lowest BCUT2D eigenvalue weighted by molar-refractivity contribution is -0.150. The van der Waals surface area contributed by atoms with Crippen LogP contribution in [-0.4, -0.2) is 37.8 Å². The molecular formula is C24H21Br2N3O5S. The second-order valence-corrected chi connectivity index (χ2v) is 10.2. The van der Waals surface area contributed by atoms with Gasteiger partial charge in [0.15, 0.2) is 0 Å². The molecule has 11 heteroatoms. The summed E-state index contributed by atoms with van der Waals surface area (Å²) in [7, 11) is 2.70. The van der Waals surface area contributed by atoms with Crippen LogP contribution in [0.4, 0.5) is 5.69 Å². The number of hydrogen-bond acceptors (Lipinski definition) is 7. The van der Waals surface area contributed by atoms with Gasteiger partial charge >= 0.3 is 5.97 Å². The van der Waals surface area contributed by atoms with Crippen LogP contribution in [-0.2, 0) is 19.1 Å². The van der Waals surface area contributed by atoms with Crippen LogP contribution in [0.3, 0.4) is 0 Å². The number of nitriles is 1. The Kier molecular flexibility index (Phi) is 8.99. The molecular weight excluding hydrogens is 602 g/mol. The van der Waals surface area contributed by atoms with E-state index in [0.717, 1.165) is 21.8 Å². The largest absolute Gasteiger partial charge is 0.496 e. The van der Waals surface area contributed by atoms with Crippen molar-refractivity contribution in [3.8, 4) is 11.8 Å². The van der Waals surface area contributed by atoms with Crippen molar-refractivity contribution in [2.24, 2.45) is 5.92 Å². The van der Waals surface area contributed by atoms with E-state index in [2.05, 4.69) is 48.6 Å². The molecule has 0 unspecified atom stereocenters. The van der Waals surface area contributed by atoms with Gasteiger partial charge in [-0.3, -0.25) is 14.4 Å². The molecule has 2 aromatic carbocycles. The Morgan fingerprint density at radius 2 is 1.91 bits per heavy atom. The molecule has 8 nitrogen and oxygen atoms in total. The molecule has 0 saturated heterocycles. The lowest BCUT2D eigenvalue weighted by atomic mass is 9.78. The third-order valence-electron chi connectivity index (χ3n) is 5.31. The zero-order valence-corrected chi connectivity index (χ0v) is 23.0. The van der Waals surface area contributed by atoms with E-state index < -0.39 is 23.7 Å². The lowest BCUT2D eigenvalue weighted by Crippen LogP contribution is -2.44. The molecule has 35 heavy (non-hydrogen) atoms. The number of halogens is 2. The topological polar surface area (TPSA) is 118 Å². The van der Waals surface area contributed by atoms with Crippen molar-refractivity contribution in [1.82, 2.24) is 5.32 Å². The number of rotatable bonds is 7. The molecule has 0 bridgehead atoms. The Bertz CT molecular complexity index is 1260. The minimum absolute atomic E-state index is 0.0577. The number of carbonyl (C=O) groups is 3. The highest BCUT2D eigenvalue weighted by molar-refractivity contribution is 9.10. The number of anilines is 1. The molecule has 0 fully saturated rings. The first-order valence-corrected chi connectivity index (χ1v) is 12.8. The van der Waals surface area contributed by atoms with E-state index in [1.807, 2.05) is 19.1 Å². The van der Waals surface area contributed by atoms with E-state index in [1.165, 1.54) is 14.2 Å². The second kappa shape index (κ2) is 11.7. The van der Waals surface area contributed by atoms with Gasteiger partial charge < -0.3 is 20.1 Å². The number of allylic oxidation sites excluding steroid dienone is 1. The van der Waals surface area contributed by atoms with Gasteiger partial charge in [0.05, 0.1) is 41.1 Å². The first-order valence-electron chi connectivity index (χ1n) is 10.2. The Balaban J connectivity index is 1.91. The van der Waals surface area contributed by atoms with Gasteiger partial charge in [0.25, 0.3) is 0 Å². The Hall–Kier alpha value is -2.81. The molecule has 0 spiro atoms. The molecule has 2 N–H and O–H groups in total. The molecule has 0 radical (unpaired) electrons. The van der Waals surface area contributed by atoms with Crippen molar-refractivity contribution in [2.75, 3.05) is 25.3 Å². The zero-order valence-electron chi connectivity index (χ0n) is 19.0. The molecule has 0 aromatic heterocycles. The SMILES string of the molecule is COC(=O)[C@H]1C(=O)NC(SCC(=O)Nc2ccc(Br)c(C)c2)=C(C#N)[C@H]1c1ccc(OC)c(Br)c1. The van der Waals surface area contributed by atoms with Crippen molar-refractivity contribution < 1.29 is 23.9 Å². The molecule has 0 aliphatic carbocycles. The summed E-state index contributed by atoms with van der Waals surface area (Å²) in [5.41, 5.74) is 2.30. The summed E-state index contributed by atoms with van der Waals surface area (Å²) in [4.78, 5) is 38.0. The van der Waals surface area contributed by atoms with E-state index in [0.29, 0.717) is 21.5 Å². The Morgan fingerprint density at radius 1 is 1.17 bits per heavy atom. The first-order chi connectivity index (χ1) is 16.7. The highest BCUT2D eigenvalue weighted by Gasteiger charge is 2.44. The van der Waals surface area contributed by atoms with E-state index in [9.17, 15) is 19.6 Å². The van der Waals surface area contributed by atoms with Crippen molar-refractivity contribution in [3.63, 3.8) is 0 Å². The fourth-order valence-electron chi connectivity index (χ4n) is 3.61. The molecule has 1 aliphatic heterocycles. The van der Waals surface area contributed by atoms with Crippen molar-refractivity contribution in [2.45, 2.75) is 12.8 Å². The Labute approximate surface area is 223 Å². The van der Waals surface area contributed by atoms with Crippen LogP contribution in [0.25, 0.3) is 0 Å². The molecule has 2 atom stereocenters. The molecule has 2 amide bonds. The quantitative estimate of drug-likeness (QED) is 0.341. The average Bonchev–Trinajstić information content (AvgIpc) is 2.84. The van der Waals surface area contributed by atoms with Crippen LogP contribution >= 0.6 is 43.6 Å². The average molecular weight is 623 g/mol. The standard InChI is InChI=1S/C24H21Br2N3O5S/c1-12-8-14(5-6-16(12)25)28-19(30)11-35-23-15(10-27)20(21(22(31)29-23)24(32)34-3)13-4-7-18(33-2)17(26)9-13/h4-9,20-21H,11H2,1-3H3,(H,28,30)(H,29,31)/t20-,21-/m1/s1. The van der Waals surface area contributed by atoms with E-state index in [-0.39, 0.29) is 22.3 Å². The molecule has 0 saturated carbocycles. The highest BCUT2D eigenvalue weighted by Crippen LogP contribution is 2.42. The molecule has 182 valence electrons. The molecule has 2 aromatic rings. The zero-order chi connectivity index (χ0) is 25.7. The lowest BCUT2D eigenvalue weighted by Gasteiger charge is -2.31. The third-order valence-corrected chi connectivity index (χ3v) is 7.83. The van der Waals surface area contributed by atoms with Gasteiger partial charge in [-0.1, -0.05) is 33.8 Å². The number of esters is 1. The van der Waals surface area contributed by atoms with Crippen LogP contribution in [0.2, 0.25) is 0 Å². The molecule has 1 heterocycles. The van der Waals surface area contributed by atoms with Gasteiger partial charge in [-0.25, -0.2) is 0 Å². The fraction of sp³-hybridized carbons (Fsp3) is 0.250. The maximum Gasteiger partial charge on any atom is 0.319 e. The fourth-order valence-corrected chi connectivity index (χ4v) is 5.27. The highest BCUT2D eigenvalue weighted by atomic mass is 79.9. The maximum atomic E-state index is 13.0. The normalized spacial score (nSPS) is 17.3.